The molecule has 0 saturated heterocycles. The van der Waals surface area contributed by atoms with Crippen LogP contribution in [0.3, 0.4) is 0 Å². The maximum Gasteiger partial charge on any atom is 0.264 e. The van der Waals surface area contributed by atoms with Gasteiger partial charge in [0.15, 0.2) is 9.84 Å². The zero-order valence-electron chi connectivity index (χ0n) is 20.6. The molecule has 0 saturated carbocycles. The van der Waals surface area contributed by atoms with Crippen molar-refractivity contribution in [2.45, 2.75) is 36.6 Å². The van der Waals surface area contributed by atoms with Crippen LogP contribution in [-0.2, 0) is 24.7 Å². The molecule has 0 aliphatic carbocycles. The Balaban J connectivity index is 1.85. The molecule has 0 aliphatic heterocycles. The SMILES string of the molecule is CCOc1ccc(S(=O)(=O)N(CC(=O)N[C@H](C)c2ccc(S(C)(=O)=O)cc2)c2ccc(C)cc2)cc1. The second-order valence-electron chi connectivity index (χ2n) is 8.38. The second kappa shape index (κ2) is 11.1. The summed E-state index contributed by atoms with van der Waals surface area (Å²) in [6, 6.07) is 18.6. The number of carbonyl (C=O) groups is 1. The monoisotopic (exact) mass is 530 g/mol. The van der Waals surface area contributed by atoms with E-state index in [2.05, 4.69) is 5.32 Å². The van der Waals surface area contributed by atoms with Gasteiger partial charge in [0.2, 0.25) is 5.91 Å². The molecule has 0 radical (unpaired) electrons. The van der Waals surface area contributed by atoms with E-state index in [-0.39, 0.29) is 9.79 Å². The lowest BCUT2D eigenvalue weighted by atomic mass is 10.1. The molecule has 0 heterocycles. The zero-order chi connectivity index (χ0) is 26.5. The van der Waals surface area contributed by atoms with Crippen LogP contribution in [0, 0.1) is 6.92 Å². The number of rotatable bonds is 10. The maximum absolute atomic E-state index is 13.6. The van der Waals surface area contributed by atoms with Gasteiger partial charge in [-0.2, -0.15) is 0 Å². The molecule has 3 rings (SSSR count). The summed E-state index contributed by atoms with van der Waals surface area (Å²) in [4.78, 5) is 13.2. The summed E-state index contributed by atoms with van der Waals surface area (Å²) in [7, 11) is -7.40. The van der Waals surface area contributed by atoms with E-state index in [4.69, 9.17) is 4.74 Å². The first-order chi connectivity index (χ1) is 16.9. The van der Waals surface area contributed by atoms with Crippen LogP contribution in [0.1, 0.15) is 31.0 Å². The van der Waals surface area contributed by atoms with Gasteiger partial charge in [-0.1, -0.05) is 29.8 Å². The number of amides is 1. The van der Waals surface area contributed by atoms with Gasteiger partial charge in [0.1, 0.15) is 12.3 Å². The Labute approximate surface area is 212 Å². The number of hydrogen-bond donors (Lipinski definition) is 1. The number of sulfone groups is 1. The van der Waals surface area contributed by atoms with E-state index in [0.29, 0.717) is 23.6 Å². The summed E-state index contributed by atoms with van der Waals surface area (Å²) >= 11 is 0. The van der Waals surface area contributed by atoms with Crippen molar-refractivity contribution in [2.75, 3.05) is 23.7 Å². The van der Waals surface area contributed by atoms with Crippen LogP contribution < -0.4 is 14.4 Å². The van der Waals surface area contributed by atoms with Gasteiger partial charge in [0, 0.05) is 6.26 Å². The van der Waals surface area contributed by atoms with Crippen LogP contribution >= 0.6 is 0 Å². The Kier molecular flexibility index (Phi) is 8.42. The molecule has 0 aliphatic rings. The molecule has 192 valence electrons. The number of sulfonamides is 1. The fraction of sp³-hybridized carbons (Fsp3) is 0.269. The Hall–Kier alpha value is -3.37. The molecule has 0 aromatic heterocycles. The Morgan fingerprint density at radius 3 is 1.97 bits per heavy atom. The third-order valence-corrected chi connectivity index (χ3v) is 8.43. The lowest BCUT2D eigenvalue weighted by molar-refractivity contribution is -0.120. The van der Waals surface area contributed by atoms with Crippen molar-refractivity contribution < 1.29 is 26.4 Å². The highest BCUT2D eigenvalue weighted by Crippen LogP contribution is 2.26. The lowest BCUT2D eigenvalue weighted by Gasteiger charge is -2.25. The first-order valence-electron chi connectivity index (χ1n) is 11.3. The topological polar surface area (TPSA) is 110 Å². The van der Waals surface area contributed by atoms with Gasteiger partial charge in [-0.15, -0.1) is 0 Å². The Bertz CT molecular complexity index is 1400. The van der Waals surface area contributed by atoms with Gasteiger partial charge < -0.3 is 10.1 Å². The molecule has 0 fully saturated rings. The van der Waals surface area contributed by atoms with E-state index in [9.17, 15) is 21.6 Å². The highest BCUT2D eigenvalue weighted by molar-refractivity contribution is 7.93. The van der Waals surface area contributed by atoms with Crippen LogP contribution in [0.4, 0.5) is 5.69 Å². The third-order valence-electron chi connectivity index (χ3n) is 5.52. The van der Waals surface area contributed by atoms with Crippen LogP contribution in [-0.4, -0.2) is 42.2 Å². The third kappa shape index (κ3) is 6.64. The fourth-order valence-corrected chi connectivity index (χ4v) is 5.58. The van der Waals surface area contributed by atoms with Crippen molar-refractivity contribution in [3.63, 3.8) is 0 Å². The first kappa shape index (κ1) is 27.2. The molecule has 3 aromatic rings. The second-order valence-corrected chi connectivity index (χ2v) is 12.3. The normalized spacial score (nSPS) is 12.6. The van der Waals surface area contributed by atoms with E-state index < -0.39 is 38.4 Å². The molecule has 1 amide bonds. The maximum atomic E-state index is 13.6. The summed E-state index contributed by atoms with van der Waals surface area (Å²) in [6.07, 6.45) is 1.12. The van der Waals surface area contributed by atoms with Gasteiger partial charge in [0.25, 0.3) is 10.0 Å². The number of carbonyl (C=O) groups excluding carboxylic acids is 1. The van der Waals surface area contributed by atoms with Crippen molar-refractivity contribution in [3.8, 4) is 5.75 Å². The number of nitrogens with zero attached hydrogens (tertiary/aromatic N) is 1. The van der Waals surface area contributed by atoms with Crippen molar-refractivity contribution in [2.24, 2.45) is 0 Å². The molecule has 3 aromatic carbocycles. The number of hydrogen-bond acceptors (Lipinski definition) is 6. The molecular weight excluding hydrogens is 500 g/mol. The van der Waals surface area contributed by atoms with Crippen molar-refractivity contribution >= 4 is 31.5 Å². The molecule has 8 nitrogen and oxygen atoms in total. The van der Waals surface area contributed by atoms with E-state index in [1.54, 1.807) is 55.5 Å². The molecule has 0 bridgehead atoms. The Morgan fingerprint density at radius 2 is 1.44 bits per heavy atom. The average molecular weight is 531 g/mol. The van der Waals surface area contributed by atoms with Gasteiger partial charge in [-0.25, -0.2) is 16.8 Å². The number of nitrogens with one attached hydrogen (secondary N) is 1. The molecule has 0 spiro atoms. The molecular formula is C26H30N2O6S2. The Morgan fingerprint density at radius 1 is 0.889 bits per heavy atom. The first-order valence-corrected chi connectivity index (χ1v) is 14.7. The largest absolute Gasteiger partial charge is 0.494 e. The van der Waals surface area contributed by atoms with Crippen molar-refractivity contribution in [3.05, 3.63) is 83.9 Å². The number of ether oxygens (including phenoxy) is 1. The van der Waals surface area contributed by atoms with Crippen LogP contribution in [0.5, 0.6) is 5.75 Å². The van der Waals surface area contributed by atoms with Crippen molar-refractivity contribution in [1.82, 2.24) is 5.32 Å². The van der Waals surface area contributed by atoms with Crippen LogP contribution in [0.2, 0.25) is 0 Å². The summed E-state index contributed by atoms with van der Waals surface area (Å²) in [6.45, 7) is 5.48. The number of aryl methyl sites for hydroxylation is 1. The minimum absolute atomic E-state index is 0.0312. The molecule has 1 N–H and O–H groups in total. The quantitative estimate of drug-likeness (QED) is 0.426. The molecule has 1 atom stereocenters. The summed E-state index contributed by atoms with van der Waals surface area (Å²) in [5.41, 5.74) is 1.99. The zero-order valence-corrected chi connectivity index (χ0v) is 22.3. The summed E-state index contributed by atoms with van der Waals surface area (Å²) in [5, 5.41) is 2.80. The minimum atomic E-state index is -4.07. The highest BCUT2D eigenvalue weighted by atomic mass is 32.2. The van der Waals surface area contributed by atoms with E-state index in [1.807, 2.05) is 13.8 Å². The van der Waals surface area contributed by atoms with E-state index in [1.165, 1.54) is 24.3 Å². The number of anilines is 1. The van der Waals surface area contributed by atoms with Crippen molar-refractivity contribution in [1.29, 1.82) is 0 Å². The summed E-state index contributed by atoms with van der Waals surface area (Å²) < 4.78 is 57.0. The van der Waals surface area contributed by atoms with E-state index in [0.717, 1.165) is 16.1 Å². The fourth-order valence-electron chi connectivity index (χ4n) is 3.53. The van der Waals surface area contributed by atoms with Gasteiger partial charge in [0.05, 0.1) is 28.1 Å². The predicted octanol–water partition coefficient (Wildman–Crippen LogP) is 3.87. The van der Waals surface area contributed by atoms with Gasteiger partial charge in [-0.05, 0) is 74.9 Å². The van der Waals surface area contributed by atoms with Gasteiger partial charge >= 0.3 is 0 Å². The highest BCUT2D eigenvalue weighted by Gasteiger charge is 2.28. The van der Waals surface area contributed by atoms with Crippen LogP contribution in [0.25, 0.3) is 0 Å². The van der Waals surface area contributed by atoms with Crippen LogP contribution in [0.15, 0.2) is 82.6 Å². The lowest BCUT2D eigenvalue weighted by Crippen LogP contribution is -2.41. The molecule has 36 heavy (non-hydrogen) atoms. The minimum Gasteiger partial charge on any atom is -0.494 e. The van der Waals surface area contributed by atoms with Gasteiger partial charge in [-0.3, -0.25) is 9.10 Å². The average Bonchev–Trinajstić information content (AvgIpc) is 2.83. The smallest absolute Gasteiger partial charge is 0.264 e. The number of benzene rings is 3. The molecule has 0 unspecified atom stereocenters. The predicted molar refractivity (Wildman–Crippen MR) is 139 cm³/mol. The summed E-state index contributed by atoms with van der Waals surface area (Å²) in [5.74, 6) is 0.0385. The molecule has 10 heteroatoms. The van der Waals surface area contributed by atoms with E-state index >= 15 is 0 Å². The standard InChI is InChI=1S/C26H30N2O6S2/c1-5-34-23-12-16-25(17-13-23)36(32,33)28(22-10-6-19(2)7-11-22)18-26(29)27-20(3)21-8-14-24(15-9-21)35(4,30)31/h6-17,20H,5,18H2,1-4H3,(H,27,29)/t20-/m1/s1.